The monoisotopic (exact) mass is 170 g/mol. The van der Waals surface area contributed by atoms with E-state index in [9.17, 15) is 5.02 Å². The summed E-state index contributed by atoms with van der Waals surface area (Å²) in [5.41, 5.74) is 2.24. The van der Waals surface area contributed by atoms with Gasteiger partial charge in [0.25, 0.3) is 0 Å². The zero-order chi connectivity index (χ0) is 8.43. The van der Waals surface area contributed by atoms with Crippen molar-refractivity contribution >= 4 is 18.5 Å². The zero-order valence-corrected chi connectivity index (χ0v) is 7.65. The molecule has 0 aliphatic heterocycles. The van der Waals surface area contributed by atoms with Gasteiger partial charge in [0, 0.05) is 5.03 Å². The molecule has 0 spiro atoms. The molecular formula is C8H12BClO. The molecule has 0 heterocycles. The summed E-state index contributed by atoms with van der Waals surface area (Å²) in [6, 6.07) is 0. The molecule has 0 atom stereocenters. The van der Waals surface area contributed by atoms with E-state index in [0.717, 1.165) is 23.3 Å². The minimum Gasteiger partial charge on any atom is -0.447 e. The van der Waals surface area contributed by atoms with Crippen LogP contribution in [0.3, 0.4) is 0 Å². The van der Waals surface area contributed by atoms with Gasteiger partial charge in [0.05, 0.1) is 0 Å². The molecule has 0 bridgehead atoms. The van der Waals surface area contributed by atoms with Gasteiger partial charge in [0.1, 0.15) is 0 Å². The first kappa shape index (κ1) is 8.89. The second kappa shape index (κ2) is 3.46. The third kappa shape index (κ3) is 2.11. The second-order valence-corrected chi connectivity index (χ2v) is 3.49. The smallest absolute Gasteiger partial charge is 0.320 e. The van der Waals surface area contributed by atoms with Gasteiger partial charge in [-0.1, -0.05) is 30.1 Å². The van der Waals surface area contributed by atoms with Gasteiger partial charge in [-0.05, 0) is 25.2 Å². The Hall–Kier alpha value is -0.205. The van der Waals surface area contributed by atoms with E-state index in [1.807, 2.05) is 13.0 Å². The predicted molar refractivity (Wildman–Crippen MR) is 49.7 cm³/mol. The number of allylic oxidation sites excluding steroid dienone is 4. The summed E-state index contributed by atoms with van der Waals surface area (Å²) in [6.45, 7) is 3.43. The van der Waals surface area contributed by atoms with Crippen LogP contribution < -0.4 is 0 Å². The normalized spacial score (nSPS) is 18.4. The van der Waals surface area contributed by atoms with Crippen LogP contribution in [-0.2, 0) is 0 Å². The molecule has 60 valence electrons. The Bertz CT molecular complexity index is 218. The fourth-order valence-electron chi connectivity index (χ4n) is 1.29. The van der Waals surface area contributed by atoms with Crippen molar-refractivity contribution in [1.82, 2.24) is 0 Å². The van der Waals surface area contributed by atoms with Crippen LogP contribution in [0.5, 0.6) is 0 Å². The van der Waals surface area contributed by atoms with Crippen LogP contribution in [0.25, 0.3) is 0 Å². The molecule has 0 aromatic rings. The highest BCUT2D eigenvalue weighted by Gasteiger charge is 2.15. The molecule has 0 radical (unpaired) electrons. The highest BCUT2D eigenvalue weighted by Crippen LogP contribution is 2.26. The Morgan fingerprint density at radius 3 is 2.64 bits per heavy atom. The van der Waals surface area contributed by atoms with E-state index in [-0.39, 0.29) is 6.92 Å². The van der Waals surface area contributed by atoms with E-state index in [1.54, 1.807) is 6.82 Å². The van der Waals surface area contributed by atoms with E-state index < -0.39 is 0 Å². The Labute approximate surface area is 72.9 Å². The molecule has 3 heteroatoms. The molecule has 1 aliphatic carbocycles. The van der Waals surface area contributed by atoms with E-state index in [2.05, 4.69) is 0 Å². The van der Waals surface area contributed by atoms with Crippen LogP contribution >= 0.6 is 11.6 Å². The quantitative estimate of drug-likeness (QED) is 0.599. The van der Waals surface area contributed by atoms with Gasteiger partial charge in [0.15, 0.2) is 0 Å². The standard InChI is InChI=1S/C8H12BClO/c1-6-3-4-7(10)5-8(6)9(2)11/h5,11H,3-4H2,1-2H3. The van der Waals surface area contributed by atoms with Crippen molar-refractivity contribution in [3.63, 3.8) is 0 Å². The molecule has 0 saturated carbocycles. The maximum Gasteiger partial charge on any atom is 0.320 e. The average molecular weight is 170 g/mol. The number of hydrogen-bond donors (Lipinski definition) is 1. The number of rotatable bonds is 1. The summed E-state index contributed by atoms with van der Waals surface area (Å²) >= 11 is 5.84. The maximum absolute atomic E-state index is 9.30. The van der Waals surface area contributed by atoms with Crippen LogP contribution in [-0.4, -0.2) is 11.9 Å². The molecule has 0 saturated heterocycles. The van der Waals surface area contributed by atoms with Crippen molar-refractivity contribution < 1.29 is 5.02 Å². The van der Waals surface area contributed by atoms with Crippen molar-refractivity contribution in [3.8, 4) is 0 Å². The van der Waals surface area contributed by atoms with E-state index in [4.69, 9.17) is 11.6 Å². The molecule has 11 heavy (non-hydrogen) atoms. The Balaban J connectivity index is 2.89. The highest BCUT2D eigenvalue weighted by molar-refractivity contribution is 6.59. The molecule has 1 N–H and O–H groups in total. The average Bonchev–Trinajstić information content (AvgIpc) is 1.94. The fourth-order valence-corrected chi connectivity index (χ4v) is 1.50. The van der Waals surface area contributed by atoms with Gasteiger partial charge >= 0.3 is 6.92 Å². The van der Waals surface area contributed by atoms with Gasteiger partial charge in [-0.25, -0.2) is 0 Å². The van der Waals surface area contributed by atoms with E-state index in [0.29, 0.717) is 0 Å². The lowest BCUT2D eigenvalue weighted by atomic mass is 9.60. The summed E-state index contributed by atoms with van der Waals surface area (Å²) in [5, 5.41) is 10.2. The summed E-state index contributed by atoms with van der Waals surface area (Å²) in [6.07, 6.45) is 3.78. The Morgan fingerprint density at radius 1 is 1.55 bits per heavy atom. The lowest BCUT2D eigenvalue weighted by Gasteiger charge is -2.14. The molecule has 0 aromatic carbocycles. The van der Waals surface area contributed by atoms with Gasteiger partial charge in [-0.3, -0.25) is 0 Å². The molecule has 1 nitrogen and oxygen atoms in total. The lowest BCUT2D eigenvalue weighted by molar-refractivity contribution is 0.588. The minimum atomic E-state index is -0.385. The highest BCUT2D eigenvalue weighted by atomic mass is 35.5. The van der Waals surface area contributed by atoms with Crippen LogP contribution in [0.1, 0.15) is 19.8 Å². The summed E-state index contributed by atoms with van der Waals surface area (Å²) < 4.78 is 0. The van der Waals surface area contributed by atoms with Gasteiger partial charge < -0.3 is 5.02 Å². The molecule has 0 fully saturated rings. The first-order valence-electron chi connectivity index (χ1n) is 3.85. The van der Waals surface area contributed by atoms with Crippen LogP contribution in [0.4, 0.5) is 0 Å². The molecule has 0 unspecified atom stereocenters. The van der Waals surface area contributed by atoms with Crippen molar-refractivity contribution in [2.24, 2.45) is 0 Å². The summed E-state index contributed by atoms with van der Waals surface area (Å²) in [4.78, 5) is 0. The van der Waals surface area contributed by atoms with Crippen molar-refractivity contribution in [1.29, 1.82) is 0 Å². The molecule has 0 amide bonds. The topological polar surface area (TPSA) is 20.2 Å². The first-order chi connectivity index (χ1) is 5.11. The molecule has 1 rings (SSSR count). The maximum atomic E-state index is 9.30. The van der Waals surface area contributed by atoms with E-state index >= 15 is 0 Å². The Morgan fingerprint density at radius 2 is 2.18 bits per heavy atom. The minimum absolute atomic E-state index is 0.385. The van der Waals surface area contributed by atoms with Crippen LogP contribution in [0, 0.1) is 0 Å². The molecule has 0 aromatic heterocycles. The predicted octanol–water partition coefficient (Wildman–Crippen LogP) is 2.37. The van der Waals surface area contributed by atoms with Crippen molar-refractivity contribution in [2.75, 3.05) is 0 Å². The van der Waals surface area contributed by atoms with Gasteiger partial charge in [-0.2, -0.15) is 0 Å². The largest absolute Gasteiger partial charge is 0.447 e. The molecular weight excluding hydrogens is 158 g/mol. The zero-order valence-electron chi connectivity index (χ0n) is 6.89. The third-order valence-corrected chi connectivity index (χ3v) is 2.29. The SMILES string of the molecule is CB(O)C1=C(C)CCC(Cl)=C1. The van der Waals surface area contributed by atoms with Gasteiger partial charge in [-0.15, -0.1) is 0 Å². The molecule has 1 aliphatic rings. The first-order valence-corrected chi connectivity index (χ1v) is 4.23. The summed E-state index contributed by atoms with van der Waals surface area (Å²) in [5.74, 6) is 0. The van der Waals surface area contributed by atoms with Crippen molar-refractivity contribution in [3.05, 3.63) is 22.2 Å². The number of hydrogen-bond acceptors (Lipinski definition) is 1. The van der Waals surface area contributed by atoms with Crippen molar-refractivity contribution in [2.45, 2.75) is 26.6 Å². The van der Waals surface area contributed by atoms with Crippen LogP contribution in [0.2, 0.25) is 6.82 Å². The Kier molecular flexibility index (Phi) is 2.80. The number of halogens is 1. The van der Waals surface area contributed by atoms with Gasteiger partial charge in [0.2, 0.25) is 0 Å². The van der Waals surface area contributed by atoms with E-state index in [1.165, 1.54) is 5.57 Å². The fraction of sp³-hybridized carbons (Fsp3) is 0.500. The second-order valence-electron chi connectivity index (χ2n) is 3.00. The lowest BCUT2D eigenvalue weighted by Crippen LogP contribution is -2.13. The third-order valence-electron chi connectivity index (χ3n) is 1.99. The van der Waals surface area contributed by atoms with Crippen LogP contribution in [0.15, 0.2) is 22.2 Å². The summed E-state index contributed by atoms with van der Waals surface area (Å²) in [7, 11) is 0.